The van der Waals surface area contributed by atoms with Crippen molar-refractivity contribution in [2.75, 3.05) is 6.61 Å². The Kier molecular flexibility index (Phi) is 5.38. The van der Waals surface area contributed by atoms with Crippen LogP contribution in [0.4, 0.5) is 0 Å². The number of Topliss-reactive ketones (excluding diaryl/α,β-unsaturated/α-hetero) is 1. The number of rotatable bonds is 5. The SMILES string of the molecule is CCCCCc1occc1C1OC(=O)C2OC23C1(C)CC1CCC2C(=O)OCC45C2OC(C)(C)C4C(=O)C(O)C3(C)C15. The maximum Gasteiger partial charge on any atom is 0.339 e. The number of cyclic esters (lactones) is 2. The minimum absolute atomic E-state index is 0.0231. The third kappa shape index (κ3) is 2.81. The van der Waals surface area contributed by atoms with Crippen molar-refractivity contribution in [3.63, 3.8) is 0 Å². The molecule has 42 heavy (non-hydrogen) atoms. The van der Waals surface area contributed by atoms with Gasteiger partial charge in [-0.15, -0.1) is 0 Å². The minimum Gasteiger partial charge on any atom is -0.469 e. The average Bonchev–Trinajstić information content (AvgIpc) is 3.51. The lowest BCUT2D eigenvalue weighted by atomic mass is 9.34. The van der Waals surface area contributed by atoms with E-state index in [1.54, 1.807) is 6.26 Å². The lowest BCUT2D eigenvalue weighted by Crippen LogP contribution is -2.77. The molecule has 8 rings (SSSR count). The molecule has 0 aromatic carbocycles. The summed E-state index contributed by atoms with van der Waals surface area (Å²) in [7, 11) is 0. The molecule has 12 unspecified atom stereocenters. The monoisotopic (exact) mass is 582 g/mol. The van der Waals surface area contributed by atoms with Gasteiger partial charge in [0, 0.05) is 28.2 Å². The van der Waals surface area contributed by atoms with Crippen LogP contribution in [0.5, 0.6) is 0 Å². The van der Waals surface area contributed by atoms with Gasteiger partial charge in [-0.05, 0) is 57.4 Å². The lowest BCUT2D eigenvalue weighted by Gasteiger charge is -2.68. The summed E-state index contributed by atoms with van der Waals surface area (Å²) in [4.78, 5) is 41.4. The molecule has 3 saturated carbocycles. The quantitative estimate of drug-likeness (QED) is 0.311. The van der Waals surface area contributed by atoms with Gasteiger partial charge in [0.2, 0.25) is 0 Å². The van der Waals surface area contributed by atoms with Gasteiger partial charge in [0.25, 0.3) is 0 Å². The van der Waals surface area contributed by atoms with E-state index in [1.807, 2.05) is 26.8 Å². The number of aliphatic hydroxyl groups is 1. The smallest absolute Gasteiger partial charge is 0.339 e. The highest BCUT2D eigenvalue weighted by Gasteiger charge is 2.92. The van der Waals surface area contributed by atoms with Crippen molar-refractivity contribution in [2.45, 2.75) is 115 Å². The van der Waals surface area contributed by atoms with Crippen LogP contribution >= 0.6 is 0 Å². The molecule has 1 aromatic rings. The Morgan fingerprint density at radius 3 is 2.55 bits per heavy atom. The van der Waals surface area contributed by atoms with E-state index in [0.717, 1.165) is 43.4 Å². The highest BCUT2D eigenvalue weighted by Crippen LogP contribution is 2.82. The number of carbonyl (C=O) groups excluding carboxylic acids is 3. The molecular weight excluding hydrogens is 540 g/mol. The number of carbonyl (C=O) groups is 3. The van der Waals surface area contributed by atoms with E-state index >= 15 is 0 Å². The topological polar surface area (TPSA) is 125 Å². The van der Waals surface area contributed by atoms with Crippen LogP contribution in [0.3, 0.4) is 0 Å². The first-order chi connectivity index (χ1) is 19.9. The molecule has 0 amide bonds. The van der Waals surface area contributed by atoms with Gasteiger partial charge in [0.1, 0.15) is 30.2 Å². The minimum atomic E-state index is -1.37. The number of epoxide rings is 1. The molecule has 2 spiro atoms. The largest absolute Gasteiger partial charge is 0.469 e. The van der Waals surface area contributed by atoms with Crippen LogP contribution in [0.15, 0.2) is 16.7 Å². The average molecular weight is 583 g/mol. The van der Waals surface area contributed by atoms with Crippen LogP contribution in [0.25, 0.3) is 0 Å². The predicted octanol–water partition coefficient (Wildman–Crippen LogP) is 4.09. The van der Waals surface area contributed by atoms with E-state index in [4.69, 9.17) is 23.4 Å². The van der Waals surface area contributed by atoms with Crippen LogP contribution < -0.4 is 0 Å². The van der Waals surface area contributed by atoms with Crippen LogP contribution in [0.1, 0.15) is 90.6 Å². The van der Waals surface area contributed by atoms with E-state index in [1.165, 1.54) is 0 Å². The molecule has 228 valence electrons. The summed E-state index contributed by atoms with van der Waals surface area (Å²) < 4.78 is 31.4. The third-order valence-corrected chi connectivity index (χ3v) is 13.0. The molecule has 4 aliphatic heterocycles. The summed E-state index contributed by atoms with van der Waals surface area (Å²) in [6.07, 6.45) is 4.08. The van der Waals surface area contributed by atoms with Gasteiger partial charge in [-0.2, -0.15) is 0 Å². The molecule has 4 saturated heterocycles. The van der Waals surface area contributed by atoms with Gasteiger partial charge in [-0.1, -0.05) is 33.6 Å². The van der Waals surface area contributed by atoms with Crippen LogP contribution in [0, 0.1) is 39.9 Å². The number of ether oxygens (including phenoxy) is 4. The second-order valence-electron chi connectivity index (χ2n) is 15.2. The molecule has 5 heterocycles. The maximum atomic E-state index is 14.5. The number of esters is 2. The number of ketones is 1. The van der Waals surface area contributed by atoms with Crippen LogP contribution in [0.2, 0.25) is 0 Å². The van der Waals surface area contributed by atoms with Gasteiger partial charge < -0.3 is 28.5 Å². The van der Waals surface area contributed by atoms with Crippen molar-refractivity contribution in [1.82, 2.24) is 0 Å². The highest BCUT2D eigenvalue weighted by atomic mass is 16.7. The fraction of sp³-hybridized carbons (Fsp3) is 0.788. The first-order valence-electron chi connectivity index (χ1n) is 15.9. The Hall–Kier alpha value is -2.23. The summed E-state index contributed by atoms with van der Waals surface area (Å²) in [5, 5.41) is 12.3. The van der Waals surface area contributed by atoms with Gasteiger partial charge in [0.15, 0.2) is 11.9 Å². The van der Waals surface area contributed by atoms with Crippen molar-refractivity contribution in [2.24, 2.45) is 39.9 Å². The fourth-order valence-electron chi connectivity index (χ4n) is 11.9. The maximum absolute atomic E-state index is 14.5. The Balaban J connectivity index is 1.32. The second-order valence-corrected chi connectivity index (χ2v) is 15.2. The number of unbranched alkanes of at least 4 members (excludes halogenated alkanes) is 2. The molecule has 7 aliphatic rings. The van der Waals surface area contributed by atoms with E-state index in [-0.39, 0.29) is 30.2 Å². The van der Waals surface area contributed by atoms with Gasteiger partial charge in [-0.3, -0.25) is 9.59 Å². The summed E-state index contributed by atoms with van der Waals surface area (Å²) >= 11 is 0. The summed E-state index contributed by atoms with van der Waals surface area (Å²) in [5.74, 6) is -1.57. The standard InChI is InChI=1S/C33H42O9/c1-6-7-8-9-19-17(12-13-38-19)24-30(4)14-16-10-11-18-25-32(15-39-27(18)36)21(16)31(5,33(30)26(42-33)28(37)40-24)23(35)20(34)22(32)29(2,3)41-25/h12-13,16,18,21-26,35H,6-11,14-15H2,1-5H3. The number of aliphatic hydroxyl groups excluding tert-OH is 1. The van der Waals surface area contributed by atoms with Crippen LogP contribution in [-0.2, 0) is 39.8 Å². The Morgan fingerprint density at radius 1 is 1.00 bits per heavy atom. The third-order valence-electron chi connectivity index (χ3n) is 13.0. The molecule has 12 atom stereocenters. The Bertz CT molecular complexity index is 1380. The first-order valence-corrected chi connectivity index (χ1v) is 15.9. The second kappa shape index (κ2) is 8.27. The van der Waals surface area contributed by atoms with E-state index in [2.05, 4.69) is 13.8 Å². The van der Waals surface area contributed by atoms with E-state index in [0.29, 0.717) is 12.8 Å². The number of hydrogen-bond donors (Lipinski definition) is 1. The normalized spacial score (nSPS) is 51.0. The molecule has 9 heteroatoms. The van der Waals surface area contributed by atoms with Crippen molar-refractivity contribution >= 4 is 17.7 Å². The zero-order valence-electron chi connectivity index (χ0n) is 25.1. The lowest BCUT2D eigenvalue weighted by molar-refractivity contribution is -0.266. The molecule has 7 fully saturated rings. The van der Waals surface area contributed by atoms with Gasteiger partial charge in [0.05, 0.1) is 29.8 Å². The fourth-order valence-corrected chi connectivity index (χ4v) is 11.9. The first kappa shape index (κ1) is 27.3. The summed E-state index contributed by atoms with van der Waals surface area (Å²) in [5.41, 5.74) is -3.85. The van der Waals surface area contributed by atoms with Gasteiger partial charge in [-0.25, -0.2) is 4.79 Å². The van der Waals surface area contributed by atoms with Crippen molar-refractivity contribution < 1.29 is 42.9 Å². The summed E-state index contributed by atoms with van der Waals surface area (Å²) in [6.45, 7) is 10.1. The molecule has 2 bridgehead atoms. The van der Waals surface area contributed by atoms with Crippen molar-refractivity contribution in [1.29, 1.82) is 0 Å². The Morgan fingerprint density at radius 2 is 1.79 bits per heavy atom. The van der Waals surface area contributed by atoms with Crippen molar-refractivity contribution in [3.8, 4) is 0 Å². The Labute approximate surface area is 246 Å². The summed E-state index contributed by atoms with van der Waals surface area (Å²) in [6, 6.07) is 1.91. The van der Waals surface area contributed by atoms with Crippen LogP contribution in [-0.4, -0.2) is 58.9 Å². The molecule has 1 aromatic heterocycles. The zero-order chi connectivity index (χ0) is 29.6. The number of hydrogen-bond acceptors (Lipinski definition) is 9. The zero-order valence-corrected chi connectivity index (χ0v) is 25.1. The highest BCUT2D eigenvalue weighted by molar-refractivity contribution is 5.92. The van der Waals surface area contributed by atoms with E-state index in [9.17, 15) is 19.5 Å². The number of aryl methyl sites for hydroxylation is 1. The van der Waals surface area contributed by atoms with E-state index < -0.39 is 69.7 Å². The molecule has 0 radical (unpaired) electrons. The predicted molar refractivity (Wildman–Crippen MR) is 146 cm³/mol. The number of furan rings is 1. The molecular formula is C33H42O9. The molecule has 9 nitrogen and oxygen atoms in total. The molecule has 1 N–H and O–H groups in total. The molecule has 3 aliphatic carbocycles. The van der Waals surface area contributed by atoms with Gasteiger partial charge >= 0.3 is 11.9 Å². The van der Waals surface area contributed by atoms with Crippen molar-refractivity contribution in [3.05, 3.63) is 23.7 Å².